The number of allylic oxidation sites excluding steroid dienone is 1. The van der Waals surface area contributed by atoms with Crippen molar-refractivity contribution in [3.05, 3.63) is 35.9 Å². The summed E-state index contributed by atoms with van der Waals surface area (Å²) in [6.45, 7) is 5.79. The van der Waals surface area contributed by atoms with Crippen LogP contribution in [0.1, 0.15) is 77.7 Å². The summed E-state index contributed by atoms with van der Waals surface area (Å²) in [6, 6.07) is 5.74. The van der Waals surface area contributed by atoms with Crippen LogP contribution < -0.4 is 4.74 Å². The molecule has 0 amide bonds. The standard InChI is InChI=1S/C12H22O2.C11H11F3O/c1-3-4-7-12(14)8-5-11(6-9-12)10(2)13;1-2-3-4-9-5-7-10(8-6-9)15-11(12,13)14/h11,14H,3-9H2,1-2H3;3-8H,2H2,1H3/b;4-3-. The molecule has 1 saturated carbocycles. The summed E-state index contributed by atoms with van der Waals surface area (Å²) < 4.78 is 39.2. The van der Waals surface area contributed by atoms with Gasteiger partial charge in [0.15, 0.2) is 0 Å². The van der Waals surface area contributed by atoms with E-state index >= 15 is 0 Å². The number of ether oxygens (including phenoxy) is 1. The van der Waals surface area contributed by atoms with Gasteiger partial charge in [0.05, 0.1) is 5.60 Å². The summed E-state index contributed by atoms with van der Waals surface area (Å²) in [5.74, 6) is 0.315. The fraction of sp³-hybridized carbons (Fsp3) is 0.609. The molecule has 0 atom stereocenters. The quantitative estimate of drug-likeness (QED) is 0.540. The number of benzene rings is 1. The Morgan fingerprint density at radius 3 is 2.24 bits per heavy atom. The molecule has 0 radical (unpaired) electrons. The molecule has 1 aliphatic rings. The molecule has 1 aromatic carbocycles. The molecule has 0 aromatic heterocycles. The molecule has 29 heavy (non-hydrogen) atoms. The number of unbranched alkanes of at least 4 members (excludes halogenated alkanes) is 1. The fourth-order valence-electron chi connectivity index (χ4n) is 3.35. The molecule has 164 valence electrons. The fourth-order valence-corrected chi connectivity index (χ4v) is 3.35. The molecule has 2 rings (SSSR count). The monoisotopic (exact) mass is 414 g/mol. The molecule has 1 aromatic rings. The van der Waals surface area contributed by atoms with E-state index in [2.05, 4.69) is 11.7 Å². The molecule has 0 bridgehead atoms. The average Bonchev–Trinajstić information content (AvgIpc) is 2.65. The van der Waals surface area contributed by atoms with Crippen LogP contribution in [0.4, 0.5) is 13.2 Å². The van der Waals surface area contributed by atoms with Gasteiger partial charge in [-0.1, -0.05) is 51.0 Å². The number of hydrogen-bond acceptors (Lipinski definition) is 3. The van der Waals surface area contributed by atoms with Crippen molar-refractivity contribution < 1.29 is 27.8 Å². The first-order valence-corrected chi connectivity index (χ1v) is 10.3. The Hall–Kier alpha value is -1.82. The van der Waals surface area contributed by atoms with E-state index in [1.54, 1.807) is 19.1 Å². The Morgan fingerprint density at radius 1 is 1.21 bits per heavy atom. The third-order valence-corrected chi connectivity index (χ3v) is 5.15. The number of carbonyl (C=O) groups excluding carboxylic acids is 1. The second-order valence-corrected chi connectivity index (χ2v) is 7.64. The zero-order valence-corrected chi connectivity index (χ0v) is 17.6. The summed E-state index contributed by atoms with van der Waals surface area (Å²) in [6.07, 6.45) is 6.59. The van der Waals surface area contributed by atoms with Gasteiger partial charge < -0.3 is 9.84 Å². The van der Waals surface area contributed by atoms with E-state index in [1.807, 2.05) is 19.1 Å². The Bertz CT molecular complexity index is 628. The van der Waals surface area contributed by atoms with Gasteiger partial charge in [0, 0.05) is 5.92 Å². The second-order valence-electron chi connectivity index (χ2n) is 7.64. The van der Waals surface area contributed by atoms with Gasteiger partial charge in [-0.05, 0) is 63.1 Å². The SMILES string of the molecule is CC/C=C\c1ccc(OC(F)(F)F)cc1.CCCCC1(O)CCC(C(C)=O)CC1. The highest BCUT2D eigenvalue weighted by molar-refractivity contribution is 5.78. The minimum Gasteiger partial charge on any atom is -0.406 e. The summed E-state index contributed by atoms with van der Waals surface area (Å²) in [4.78, 5) is 11.1. The van der Waals surface area contributed by atoms with E-state index in [1.165, 1.54) is 12.1 Å². The van der Waals surface area contributed by atoms with Crippen LogP contribution in [0, 0.1) is 5.92 Å². The van der Waals surface area contributed by atoms with Crippen molar-refractivity contribution in [1.29, 1.82) is 0 Å². The summed E-state index contributed by atoms with van der Waals surface area (Å²) >= 11 is 0. The Morgan fingerprint density at radius 2 is 1.79 bits per heavy atom. The van der Waals surface area contributed by atoms with E-state index in [0.717, 1.165) is 56.9 Å². The van der Waals surface area contributed by atoms with Crippen LogP contribution in [-0.2, 0) is 4.79 Å². The van der Waals surface area contributed by atoms with Crippen molar-refractivity contribution in [3.63, 3.8) is 0 Å². The zero-order chi connectivity index (χ0) is 21.9. The van der Waals surface area contributed by atoms with Gasteiger partial charge in [-0.25, -0.2) is 0 Å². The average molecular weight is 415 g/mol. The maximum Gasteiger partial charge on any atom is 0.573 e. The van der Waals surface area contributed by atoms with Gasteiger partial charge in [0.1, 0.15) is 11.5 Å². The molecule has 1 N–H and O–H groups in total. The van der Waals surface area contributed by atoms with E-state index in [0.29, 0.717) is 5.78 Å². The number of hydrogen-bond donors (Lipinski definition) is 1. The van der Waals surface area contributed by atoms with Gasteiger partial charge in [0.25, 0.3) is 0 Å². The second kappa shape index (κ2) is 12.0. The van der Waals surface area contributed by atoms with Crippen LogP contribution in [-0.4, -0.2) is 22.9 Å². The number of halogens is 3. The topological polar surface area (TPSA) is 46.5 Å². The van der Waals surface area contributed by atoms with E-state index in [9.17, 15) is 23.1 Å². The lowest BCUT2D eigenvalue weighted by atomic mass is 9.75. The minimum absolute atomic E-state index is 0.198. The van der Waals surface area contributed by atoms with E-state index < -0.39 is 12.0 Å². The number of Topliss-reactive ketones (excluding diaryl/α,β-unsaturated/α-hetero) is 1. The smallest absolute Gasteiger partial charge is 0.406 e. The lowest BCUT2D eigenvalue weighted by Crippen LogP contribution is -2.35. The third kappa shape index (κ3) is 10.5. The predicted octanol–water partition coefficient (Wildman–Crippen LogP) is 6.70. The van der Waals surface area contributed by atoms with Gasteiger partial charge in [-0.15, -0.1) is 13.2 Å². The molecular weight excluding hydrogens is 381 g/mol. The molecule has 0 aliphatic heterocycles. The highest BCUT2D eigenvalue weighted by Gasteiger charge is 2.33. The number of ketones is 1. The highest BCUT2D eigenvalue weighted by Crippen LogP contribution is 2.35. The number of alkyl halides is 3. The minimum atomic E-state index is -4.62. The molecule has 3 nitrogen and oxygen atoms in total. The first-order chi connectivity index (χ1) is 13.6. The van der Waals surface area contributed by atoms with Crippen molar-refractivity contribution in [2.24, 2.45) is 5.92 Å². The first-order valence-electron chi connectivity index (χ1n) is 10.3. The molecule has 0 unspecified atom stereocenters. The van der Waals surface area contributed by atoms with Gasteiger partial charge in [-0.2, -0.15) is 0 Å². The van der Waals surface area contributed by atoms with Crippen LogP contribution >= 0.6 is 0 Å². The van der Waals surface area contributed by atoms with Gasteiger partial charge in [-0.3, -0.25) is 4.79 Å². The molecule has 1 fully saturated rings. The molecule has 6 heteroatoms. The number of carbonyl (C=O) groups is 1. The van der Waals surface area contributed by atoms with Crippen molar-refractivity contribution in [1.82, 2.24) is 0 Å². The maximum atomic E-state index is 11.8. The summed E-state index contributed by atoms with van der Waals surface area (Å²) in [5.41, 5.74) is 0.397. The van der Waals surface area contributed by atoms with E-state index in [-0.39, 0.29) is 11.7 Å². The van der Waals surface area contributed by atoms with Crippen LogP contribution in [0.3, 0.4) is 0 Å². The maximum absolute atomic E-state index is 11.8. The molecular formula is C23H33F3O3. The van der Waals surface area contributed by atoms with Crippen molar-refractivity contribution >= 4 is 11.9 Å². The Balaban J connectivity index is 0.000000291. The Labute approximate surface area is 172 Å². The number of rotatable bonds is 7. The molecule has 0 spiro atoms. The van der Waals surface area contributed by atoms with Crippen molar-refractivity contribution in [2.45, 2.75) is 84.1 Å². The number of aliphatic hydroxyl groups is 1. The summed E-state index contributed by atoms with van der Waals surface area (Å²) in [5, 5.41) is 10.2. The van der Waals surface area contributed by atoms with Crippen LogP contribution in [0.5, 0.6) is 5.75 Å². The van der Waals surface area contributed by atoms with Crippen LogP contribution in [0.15, 0.2) is 30.3 Å². The third-order valence-electron chi connectivity index (χ3n) is 5.15. The summed E-state index contributed by atoms with van der Waals surface area (Å²) in [7, 11) is 0. The van der Waals surface area contributed by atoms with Crippen LogP contribution in [0.25, 0.3) is 6.08 Å². The van der Waals surface area contributed by atoms with Crippen LogP contribution in [0.2, 0.25) is 0 Å². The molecule has 0 saturated heterocycles. The Kier molecular flexibility index (Phi) is 10.4. The zero-order valence-electron chi connectivity index (χ0n) is 17.6. The first kappa shape index (κ1) is 25.2. The predicted molar refractivity (Wildman–Crippen MR) is 110 cm³/mol. The lowest BCUT2D eigenvalue weighted by molar-refractivity contribution is -0.274. The van der Waals surface area contributed by atoms with Crippen molar-refractivity contribution in [3.8, 4) is 5.75 Å². The normalized spacial score (nSPS) is 22.1. The lowest BCUT2D eigenvalue weighted by Gasteiger charge is -2.35. The molecule has 1 aliphatic carbocycles. The van der Waals surface area contributed by atoms with E-state index in [4.69, 9.17) is 0 Å². The van der Waals surface area contributed by atoms with Gasteiger partial charge >= 0.3 is 6.36 Å². The van der Waals surface area contributed by atoms with Crippen molar-refractivity contribution in [2.75, 3.05) is 0 Å². The van der Waals surface area contributed by atoms with Gasteiger partial charge in [0.2, 0.25) is 0 Å². The molecule has 0 heterocycles. The highest BCUT2D eigenvalue weighted by atomic mass is 19.4. The largest absolute Gasteiger partial charge is 0.573 e.